The average Bonchev–Trinajstić information content (AvgIpc) is 2.73. The van der Waals surface area contributed by atoms with Gasteiger partial charge in [0, 0.05) is 41.8 Å². The van der Waals surface area contributed by atoms with Crippen LogP contribution in [-0.4, -0.2) is 29.8 Å². The number of anilines is 2. The molecule has 3 amide bonds. The van der Waals surface area contributed by atoms with Crippen LogP contribution in [0.4, 0.5) is 11.4 Å². The number of carbonyl (C=O) groups excluding carboxylic acids is 3. The first-order valence-corrected chi connectivity index (χ1v) is 9.16. The van der Waals surface area contributed by atoms with Crippen LogP contribution in [0.5, 0.6) is 11.5 Å². The molecule has 9 heteroatoms. The molecule has 1 heterocycles. The van der Waals surface area contributed by atoms with Crippen LogP contribution in [0, 0.1) is 0 Å². The molecule has 0 radical (unpaired) electrons. The highest BCUT2D eigenvalue weighted by Gasteiger charge is 2.15. The van der Waals surface area contributed by atoms with Gasteiger partial charge in [0.25, 0.3) is 5.91 Å². The molecule has 3 rings (SSSR count). The van der Waals surface area contributed by atoms with Crippen molar-refractivity contribution in [3.63, 3.8) is 0 Å². The summed E-state index contributed by atoms with van der Waals surface area (Å²) in [5.74, 6) is -1.24. The maximum absolute atomic E-state index is 12.2. The average molecular weight is 425 g/mol. The molecule has 30 heavy (non-hydrogen) atoms. The number of ether oxygens (including phenoxy) is 1. The first-order valence-electron chi connectivity index (χ1n) is 8.78. The number of nitrogens with one attached hydrogen (secondary N) is 3. The summed E-state index contributed by atoms with van der Waals surface area (Å²) in [7, 11) is 1.51. The van der Waals surface area contributed by atoms with Gasteiger partial charge in [0.05, 0.1) is 0 Å². The van der Waals surface area contributed by atoms with Crippen LogP contribution >= 0.6 is 11.6 Å². The number of nitrogens with zero attached hydrogens (tertiary/aromatic N) is 1. The number of hydrogen-bond acceptors (Lipinski definition) is 5. The number of carbonyl (C=O) groups is 3. The maximum Gasteiger partial charge on any atom is 0.314 e. The van der Waals surface area contributed by atoms with Crippen molar-refractivity contribution < 1.29 is 19.1 Å². The van der Waals surface area contributed by atoms with Gasteiger partial charge in [0.2, 0.25) is 0 Å². The van der Waals surface area contributed by atoms with E-state index < -0.39 is 11.8 Å². The molecule has 0 fully saturated rings. The highest BCUT2D eigenvalue weighted by atomic mass is 35.5. The van der Waals surface area contributed by atoms with Gasteiger partial charge in [-0.3, -0.25) is 19.4 Å². The van der Waals surface area contributed by atoms with Crippen LogP contribution < -0.4 is 20.7 Å². The van der Waals surface area contributed by atoms with Gasteiger partial charge in [-0.25, -0.2) is 0 Å². The van der Waals surface area contributed by atoms with Crippen LogP contribution in [0.15, 0.2) is 66.9 Å². The third kappa shape index (κ3) is 5.55. The normalized spacial score (nSPS) is 10.1. The molecule has 0 aliphatic carbocycles. The monoisotopic (exact) mass is 424 g/mol. The molecular weight excluding hydrogens is 408 g/mol. The third-order valence-corrected chi connectivity index (χ3v) is 4.04. The number of benzene rings is 2. The summed E-state index contributed by atoms with van der Waals surface area (Å²) in [5.41, 5.74) is 0.973. The van der Waals surface area contributed by atoms with E-state index in [-0.39, 0.29) is 11.6 Å². The Bertz CT molecular complexity index is 1100. The van der Waals surface area contributed by atoms with Crippen LogP contribution in [0.25, 0.3) is 0 Å². The molecule has 8 nitrogen and oxygen atoms in total. The maximum atomic E-state index is 12.2. The van der Waals surface area contributed by atoms with Gasteiger partial charge in [-0.05, 0) is 36.4 Å². The SMILES string of the molecule is CNC(=O)c1cc(Oc2cccc(NC(=O)C(=O)Nc3cccc(Cl)c3)c2)ccn1. The van der Waals surface area contributed by atoms with E-state index in [0.717, 1.165) is 0 Å². The van der Waals surface area contributed by atoms with Crippen molar-refractivity contribution in [2.75, 3.05) is 17.7 Å². The van der Waals surface area contributed by atoms with Gasteiger partial charge < -0.3 is 20.7 Å². The van der Waals surface area contributed by atoms with E-state index in [9.17, 15) is 14.4 Å². The topological polar surface area (TPSA) is 109 Å². The van der Waals surface area contributed by atoms with Crippen molar-refractivity contribution in [1.29, 1.82) is 0 Å². The number of aromatic nitrogens is 1. The first-order chi connectivity index (χ1) is 14.4. The van der Waals surface area contributed by atoms with Gasteiger partial charge in [-0.15, -0.1) is 0 Å². The lowest BCUT2D eigenvalue weighted by Crippen LogP contribution is -2.29. The van der Waals surface area contributed by atoms with E-state index in [4.69, 9.17) is 16.3 Å². The van der Waals surface area contributed by atoms with E-state index in [0.29, 0.717) is 27.9 Å². The Hall–Kier alpha value is -3.91. The van der Waals surface area contributed by atoms with E-state index >= 15 is 0 Å². The largest absolute Gasteiger partial charge is 0.457 e. The third-order valence-electron chi connectivity index (χ3n) is 3.81. The van der Waals surface area contributed by atoms with Crippen molar-refractivity contribution >= 4 is 40.7 Å². The van der Waals surface area contributed by atoms with Crippen molar-refractivity contribution in [2.45, 2.75) is 0 Å². The second-order valence-electron chi connectivity index (χ2n) is 6.00. The standard InChI is InChI=1S/C21H17ClN4O4/c1-23-19(27)18-12-17(8-9-24-18)30-16-7-3-6-15(11-16)26-21(29)20(28)25-14-5-2-4-13(22)10-14/h2-12H,1H3,(H,23,27)(H,25,28)(H,26,29). The quantitative estimate of drug-likeness (QED) is 0.543. The number of pyridine rings is 1. The molecule has 2 aromatic carbocycles. The zero-order chi connectivity index (χ0) is 21.5. The molecule has 0 bridgehead atoms. The molecule has 0 unspecified atom stereocenters. The van der Waals surface area contributed by atoms with Gasteiger partial charge in [0.15, 0.2) is 0 Å². The number of amides is 3. The summed E-state index contributed by atoms with van der Waals surface area (Å²) in [6.07, 6.45) is 1.45. The summed E-state index contributed by atoms with van der Waals surface area (Å²) < 4.78 is 5.72. The van der Waals surface area contributed by atoms with Crippen molar-refractivity contribution in [3.05, 3.63) is 77.6 Å². The predicted octanol–water partition coefficient (Wildman–Crippen LogP) is 3.46. The zero-order valence-corrected chi connectivity index (χ0v) is 16.6. The molecule has 152 valence electrons. The van der Waals surface area contributed by atoms with E-state index in [1.807, 2.05) is 0 Å². The molecule has 0 spiro atoms. The number of halogens is 1. The second kappa shape index (κ2) is 9.53. The molecule has 0 saturated heterocycles. The lowest BCUT2D eigenvalue weighted by atomic mass is 10.3. The van der Waals surface area contributed by atoms with E-state index in [1.54, 1.807) is 48.5 Å². The van der Waals surface area contributed by atoms with Crippen molar-refractivity contribution in [1.82, 2.24) is 10.3 Å². The van der Waals surface area contributed by atoms with Crippen LogP contribution in [-0.2, 0) is 9.59 Å². The lowest BCUT2D eigenvalue weighted by Gasteiger charge is -2.10. The Labute approximate surface area is 177 Å². The molecule has 0 atom stereocenters. The van der Waals surface area contributed by atoms with Gasteiger partial charge in [0.1, 0.15) is 17.2 Å². The van der Waals surface area contributed by atoms with Crippen LogP contribution in [0.2, 0.25) is 5.02 Å². The van der Waals surface area contributed by atoms with E-state index in [2.05, 4.69) is 20.9 Å². The molecular formula is C21H17ClN4O4. The van der Waals surface area contributed by atoms with Crippen molar-refractivity contribution in [3.8, 4) is 11.5 Å². The molecule has 0 aliphatic rings. The van der Waals surface area contributed by atoms with Crippen molar-refractivity contribution in [2.24, 2.45) is 0 Å². The highest BCUT2D eigenvalue weighted by molar-refractivity contribution is 6.43. The summed E-state index contributed by atoms with van der Waals surface area (Å²) >= 11 is 5.87. The highest BCUT2D eigenvalue weighted by Crippen LogP contribution is 2.24. The number of hydrogen-bond donors (Lipinski definition) is 3. The molecule has 1 aromatic heterocycles. The Morgan fingerprint density at radius 3 is 2.17 bits per heavy atom. The first kappa shape index (κ1) is 20.8. The Morgan fingerprint density at radius 1 is 0.867 bits per heavy atom. The minimum atomic E-state index is -0.849. The van der Waals surface area contributed by atoms with E-state index in [1.165, 1.54) is 25.4 Å². The number of rotatable bonds is 5. The second-order valence-corrected chi connectivity index (χ2v) is 6.44. The zero-order valence-electron chi connectivity index (χ0n) is 15.8. The summed E-state index contributed by atoms with van der Waals surface area (Å²) in [6.45, 7) is 0. The lowest BCUT2D eigenvalue weighted by molar-refractivity contribution is -0.132. The minimum Gasteiger partial charge on any atom is -0.457 e. The Morgan fingerprint density at radius 2 is 1.50 bits per heavy atom. The summed E-state index contributed by atoms with van der Waals surface area (Å²) in [4.78, 5) is 39.9. The Balaban J connectivity index is 1.66. The Kier molecular flexibility index (Phi) is 6.61. The fourth-order valence-corrected chi connectivity index (χ4v) is 2.63. The molecule has 3 aromatic rings. The molecule has 3 N–H and O–H groups in total. The smallest absolute Gasteiger partial charge is 0.314 e. The summed E-state index contributed by atoms with van der Waals surface area (Å²) in [5, 5.41) is 7.89. The van der Waals surface area contributed by atoms with Gasteiger partial charge >= 0.3 is 11.8 Å². The van der Waals surface area contributed by atoms with Gasteiger partial charge in [-0.1, -0.05) is 23.7 Å². The predicted molar refractivity (Wildman–Crippen MR) is 113 cm³/mol. The molecule has 0 saturated carbocycles. The fourth-order valence-electron chi connectivity index (χ4n) is 2.44. The van der Waals surface area contributed by atoms with Crippen LogP contribution in [0.1, 0.15) is 10.5 Å². The molecule has 0 aliphatic heterocycles. The van der Waals surface area contributed by atoms with Crippen LogP contribution in [0.3, 0.4) is 0 Å². The fraction of sp³-hybridized carbons (Fsp3) is 0.0476. The minimum absolute atomic E-state index is 0.206. The van der Waals surface area contributed by atoms with Gasteiger partial charge in [-0.2, -0.15) is 0 Å². The summed E-state index contributed by atoms with van der Waals surface area (Å²) in [6, 6.07) is 16.0.